The molecule has 1 aromatic carbocycles. The van der Waals surface area contributed by atoms with E-state index in [9.17, 15) is 0 Å². The smallest absolute Gasteiger partial charge is 0.158 e. The normalized spacial score (nSPS) is 12.4. The van der Waals surface area contributed by atoms with E-state index in [0.717, 1.165) is 44.2 Å². The lowest BCUT2D eigenvalue weighted by atomic mass is 10.0. The van der Waals surface area contributed by atoms with Crippen LogP contribution in [0.15, 0.2) is 40.2 Å². The van der Waals surface area contributed by atoms with Gasteiger partial charge in [0.2, 0.25) is 0 Å². The molecule has 0 spiro atoms. The van der Waals surface area contributed by atoms with Crippen molar-refractivity contribution in [2.75, 3.05) is 12.4 Å². The number of anilines is 1. The van der Waals surface area contributed by atoms with Gasteiger partial charge >= 0.3 is 0 Å². The van der Waals surface area contributed by atoms with Crippen molar-refractivity contribution in [3.63, 3.8) is 0 Å². The maximum atomic E-state index is 5.34. The molecule has 0 saturated heterocycles. The second-order valence-corrected chi connectivity index (χ2v) is 7.58. The lowest BCUT2D eigenvalue weighted by molar-refractivity contribution is 0.178. The Morgan fingerprint density at radius 3 is 2.64 bits per heavy atom. The molecule has 4 aromatic rings. The third-order valence-electron chi connectivity index (χ3n) is 4.71. The van der Waals surface area contributed by atoms with E-state index in [2.05, 4.69) is 39.9 Å². The number of methoxy groups -OCH3 is 1. The number of nitrogens with one attached hydrogen (secondary N) is 1. The first-order valence-corrected chi connectivity index (χ1v) is 9.98. The fraction of sp³-hybridized carbons (Fsp3) is 0.286. The number of aromatic nitrogens is 3. The molecular formula is C21H22N4O2S. The summed E-state index contributed by atoms with van der Waals surface area (Å²) in [4.78, 5) is 10.4. The number of hydrogen-bond acceptors (Lipinski definition) is 7. The third-order valence-corrected chi connectivity index (χ3v) is 5.59. The molecule has 1 atom stereocenters. The van der Waals surface area contributed by atoms with Crippen molar-refractivity contribution < 1.29 is 9.26 Å². The monoisotopic (exact) mass is 394 g/mol. The first kappa shape index (κ1) is 18.6. The van der Waals surface area contributed by atoms with E-state index >= 15 is 0 Å². The van der Waals surface area contributed by atoms with Crippen LogP contribution in [0.1, 0.15) is 35.8 Å². The molecule has 0 amide bonds. The Kier molecular flexibility index (Phi) is 5.11. The molecule has 0 aliphatic carbocycles. The van der Waals surface area contributed by atoms with E-state index in [1.54, 1.807) is 18.4 Å². The van der Waals surface area contributed by atoms with Gasteiger partial charge in [-0.25, -0.2) is 9.97 Å². The van der Waals surface area contributed by atoms with Gasteiger partial charge in [-0.2, -0.15) is 0 Å². The summed E-state index contributed by atoms with van der Waals surface area (Å²) in [6.07, 6.45) is 0. The van der Waals surface area contributed by atoms with E-state index in [-0.39, 0.29) is 6.04 Å². The van der Waals surface area contributed by atoms with Gasteiger partial charge in [0.25, 0.3) is 0 Å². The molecule has 144 valence electrons. The van der Waals surface area contributed by atoms with Crippen LogP contribution in [0.2, 0.25) is 0 Å². The summed E-state index contributed by atoms with van der Waals surface area (Å²) in [5.41, 5.74) is 4.20. The van der Waals surface area contributed by atoms with E-state index in [1.165, 1.54) is 0 Å². The zero-order chi connectivity index (χ0) is 19.7. The second kappa shape index (κ2) is 7.69. The van der Waals surface area contributed by atoms with Crippen LogP contribution in [0.5, 0.6) is 0 Å². The molecule has 3 aromatic heterocycles. The van der Waals surface area contributed by atoms with Crippen molar-refractivity contribution in [2.24, 2.45) is 0 Å². The Labute approximate surface area is 167 Å². The SMILES string of the molecule is COCc1nc(NC(C)c2c(C)noc2C)c2c(-c3ccccc3)csc2n1. The first-order chi connectivity index (χ1) is 13.6. The van der Waals surface area contributed by atoms with Crippen LogP contribution in [-0.4, -0.2) is 22.2 Å². The highest BCUT2D eigenvalue weighted by Crippen LogP contribution is 2.38. The summed E-state index contributed by atoms with van der Waals surface area (Å²) >= 11 is 1.62. The number of thiophene rings is 1. The molecule has 0 radical (unpaired) electrons. The number of ether oxygens (including phenoxy) is 1. The van der Waals surface area contributed by atoms with Gasteiger partial charge in [-0.15, -0.1) is 11.3 Å². The number of nitrogens with zero attached hydrogens (tertiary/aromatic N) is 3. The summed E-state index contributed by atoms with van der Waals surface area (Å²) < 4.78 is 10.6. The minimum Gasteiger partial charge on any atom is -0.377 e. The van der Waals surface area contributed by atoms with Crippen molar-refractivity contribution in [2.45, 2.75) is 33.4 Å². The maximum absolute atomic E-state index is 5.34. The fourth-order valence-electron chi connectivity index (χ4n) is 3.50. The molecule has 0 fully saturated rings. The van der Waals surface area contributed by atoms with Gasteiger partial charge in [-0.3, -0.25) is 0 Å². The maximum Gasteiger partial charge on any atom is 0.158 e. The van der Waals surface area contributed by atoms with E-state index in [0.29, 0.717) is 12.4 Å². The summed E-state index contributed by atoms with van der Waals surface area (Å²) in [5, 5.41) is 10.8. The molecule has 0 saturated carbocycles. The molecule has 0 aliphatic heterocycles. The Hall–Kier alpha value is -2.77. The molecule has 3 heterocycles. The van der Waals surface area contributed by atoms with Crippen molar-refractivity contribution in [1.82, 2.24) is 15.1 Å². The predicted molar refractivity (Wildman–Crippen MR) is 112 cm³/mol. The molecule has 1 N–H and O–H groups in total. The van der Waals surface area contributed by atoms with Crippen molar-refractivity contribution in [3.8, 4) is 11.1 Å². The predicted octanol–water partition coefficient (Wildman–Crippen LogP) is 5.28. The largest absolute Gasteiger partial charge is 0.377 e. The zero-order valence-electron chi connectivity index (χ0n) is 16.3. The van der Waals surface area contributed by atoms with Gasteiger partial charge in [0.15, 0.2) is 5.82 Å². The number of aryl methyl sites for hydroxylation is 2. The van der Waals surface area contributed by atoms with Crippen LogP contribution in [-0.2, 0) is 11.3 Å². The Morgan fingerprint density at radius 2 is 1.96 bits per heavy atom. The molecule has 0 bridgehead atoms. The summed E-state index contributed by atoms with van der Waals surface area (Å²) in [7, 11) is 1.65. The molecule has 4 rings (SSSR count). The van der Waals surface area contributed by atoms with E-state index in [1.807, 2.05) is 32.0 Å². The number of fused-ring (bicyclic) bond motifs is 1. The molecule has 28 heavy (non-hydrogen) atoms. The molecule has 7 heteroatoms. The molecule has 1 unspecified atom stereocenters. The highest BCUT2D eigenvalue weighted by molar-refractivity contribution is 7.17. The van der Waals surface area contributed by atoms with Gasteiger partial charge in [0, 0.05) is 23.6 Å². The number of benzene rings is 1. The van der Waals surface area contributed by atoms with Gasteiger partial charge in [-0.05, 0) is 26.3 Å². The average Bonchev–Trinajstić information content (AvgIpc) is 3.26. The second-order valence-electron chi connectivity index (χ2n) is 6.72. The standard InChI is InChI=1S/C21H22N4O2S/c1-12(18-13(2)25-27-14(18)3)22-20-19-16(15-8-6-5-7-9-15)11-28-21(19)24-17(23-20)10-26-4/h5-9,11-12H,10H2,1-4H3,(H,22,23,24). The summed E-state index contributed by atoms with van der Waals surface area (Å²) in [6, 6.07) is 10.3. The number of rotatable bonds is 6. The minimum atomic E-state index is -0.0109. The van der Waals surface area contributed by atoms with E-state index < -0.39 is 0 Å². The Balaban J connectivity index is 1.84. The van der Waals surface area contributed by atoms with Crippen LogP contribution >= 0.6 is 11.3 Å². The van der Waals surface area contributed by atoms with Crippen LogP contribution in [0.25, 0.3) is 21.3 Å². The Morgan fingerprint density at radius 1 is 1.18 bits per heavy atom. The quantitative estimate of drug-likeness (QED) is 0.479. The lowest BCUT2D eigenvalue weighted by Gasteiger charge is -2.16. The first-order valence-electron chi connectivity index (χ1n) is 9.10. The van der Waals surface area contributed by atoms with Crippen LogP contribution in [0.4, 0.5) is 5.82 Å². The van der Waals surface area contributed by atoms with Crippen molar-refractivity contribution >= 4 is 27.4 Å². The highest BCUT2D eigenvalue weighted by Gasteiger charge is 2.21. The summed E-state index contributed by atoms with van der Waals surface area (Å²) in [5.74, 6) is 2.27. The van der Waals surface area contributed by atoms with Gasteiger partial charge < -0.3 is 14.6 Å². The molecular weight excluding hydrogens is 372 g/mol. The molecule has 0 aliphatic rings. The van der Waals surface area contributed by atoms with Crippen molar-refractivity contribution in [3.05, 3.63) is 58.6 Å². The zero-order valence-corrected chi connectivity index (χ0v) is 17.1. The van der Waals surface area contributed by atoms with Gasteiger partial charge in [-0.1, -0.05) is 35.5 Å². The fourth-order valence-corrected chi connectivity index (χ4v) is 4.47. The van der Waals surface area contributed by atoms with Crippen LogP contribution in [0.3, 0.4) is 0 Å². The topological polar surface area (TPSA) is 73.1 Å². The summed E-state index contributed by atoms with van der Waals surface area (Å²) in [6.45, 7) is 6.34. The lowest BCUT2D eigenvalue weighted by Crippen LogP contribution is -2.11. The number of hydrogen-bond donors (Lipinski definition) is 1. The average molecular weight is 395 g/mol. The highest BCUT2D eigenvalue weighted by atomic mass is 32.1. The van der Waals surface area contributed by atoms with Crippen LogP contribution < -0.4 is 5.32 Å². The minimum absolute atomic E-state index is 0.0109. The third kappa shape index (κ3) is 3.39. The van der Waals surface area contributed by atoms with E-state index in [4.69, 9.17) is 14.2 Å². The molecule has 6 nitrogen and oxygen atoms in total. The van der Waals surface area contributed by atoms with Crippen LogP contribution in [0, 0.1) is 13.8 Å². The Bertz CT molecular complexity index is 1090. The van der Waals surface area contributed by atoms with Crippen molar-refractivity contribution in [1.29, 1.82) is 0 Å². The van der Waals surface area contributed by atoms with Gasteiger partial charge in [0.1, 0.15) is 23.0 Å². The van der Waals surface area contributed by atoms with Gasteiger partial charge in [0.05, 0.1) is 17.1 Å².